The highest BCUT2D eigenvalue weighted by molar-refractivity contribution is 14.1. The Kier molecular flexibility index (Phi) is 2.43. The van der Waals surface area contributed by atoms with Crippen LogP contribution in [0.25, 0.3) is 0 Å². The van der Waals surface area contributed by atoms with Crippen molar-refractivity contribution < 1.29 is 0 Å². The van der Waals surface area contributed by atoms with E-state index in [-0.39, 0.29) is 0 Å². The van der Waals surface area contributed by atoms with Crippen LogP contribution in [-0.2, 0) is 5.54 Å². The second-order valence-corrected chi connectivity index (χ2v) is 4.19. The highest BCUT2D eigenvalue weighted by Gasteiger charge is 2.16. The monoisotopic (exact) mass is 263 g/mol. The third-order valence-corrected chi connectivity index (χ3v) is 1.75. The highest BCUT2D eigenvalue weighted by atomic mass is 127. The second kappa shape index (κ2) is 3.02. The van der Waals surface area contributed by atoms with Gasteiger partial charge in [-0.1, -0.05) is 0 Å². The molecule has 0 fully saturated rings. The van der Waals surface area contributed by atoms with E-state index in [2.05, 4.69) is 32.6 Å². The number of halogens is 1. The summed E-state index contributed by atoms with van der Waals surface area (Å²) in [5.41, 5.74) is 5.34. The lowest BCUT2D eigenvalue weighted by molar-refractivity contribution is 0.513. The van der Waals surface area contributed by atoms with Gasteiger partial charge in [-0.15, -0.1) is 0 Å². The number of rotatable bonds is 1. The Bertz CT molecular complexity index is 237. The molecule has 0 atom stereocenters. The van der Waals surface area contributed by atoms with Crippen molar-refractivity contribution in [2.45, 2.75) is 19.4 Å². The molecule has 0 aliphatic rings. The van der Waals surface area contributed by atoms with Gasteiger partial charge < -0.3 is 5.73 Å². The van der Waals surface area contributed by atoms with Gasteiger partial charge in [-0.3, -0.25) is 0 Å². The van der Waals surface area contributed by atoms with Gasteiger partial charge >= 0.3 is 0 Å². The molecule has 0 aromatic carbocycles. The van der Waals surface area contributed by atoms with Gasteiger partial charge in [0.1, 0.15) is 5.82 Å². The SMILES string of the molecule is CC(C)(N)c1ncc(I)cn1. The maximum atomic E-state index is 5.78. The van der Waals surface area contributed by atoms with Crippen LogP contribution in [0.15, 0.2) is 12.4 Å². The zero-order valence-electron chi connectivity index (χ0n) is 6.50. The third kappa shape index (κ3) is 2.37. The first-order valence-corrected chi connectivity index (χ1v) is 4.35. The predicted molar refractivity (Wildman–Crippen MR) is 52.0 cm³/mol. The molecule has 1 heterocycles. The molecule has 2 N–H and O–H groups in total. The molecule has 0 spiro atoms. The summed E-state index contributed by atoms with van der Waals surface area (Å²) in [4.78, 5) is 8.21. The predicted octanol–water partition coefficient (Wildman–Crippen LogP) is 1.28. The Morgan fingerprint density at radius 2 is 1.82 bits per heavy atom. The lowest BCUT2D eigenvalue weighted by atomic mass is 10.1. The van der Waals surface area contributed by atoms with Crippen molar-refractivity contribution >= 4 is 22.6 Å². The van der Waals surface area contributed by atoms with Crippen LogP contribution in [0.4, 0.5) is 0 Å². The van der Waals surface area contributed by atoms with Crippen LogP contribution < -0.4 is 5.73 Å². The van der Waals surface area contributed by atoms with E-state index in [0.29, 0.717) is 5.82 Å². The Balaban J connectivity index is 2.99. The first-order chi connectivity index (χ1) is 5.00. The standard InChI is InChI=1S/C7H10IN3/c1-7(2,9)6-10-3-5(8)4-11-6/h3-4H,9H2,1-2H3. The minimum Gasteiger partial charge on any atom is -0.319 e. The number of hydrogen-bond donors (Lipinski definition) is 1. The van der Waals surface area contributed by atoms with Gasteiger partial charge in [0.2, 0.25) is 0 Å². The van der Waals surface area contributed by atoms with E-state index in [0.717, 1.165) is 3.57 Å². The lowest BCUT2D eigenvalue weighted by Gasteiger charge is -2.15. The van der Waals surface area contributed by atoms with Crippen LogP contribution in [0.3, 0.4) is 0 Å². The van der Waals surface area contributed by atoms with Crippen molar-refractivity contribution in [3.8, 4) is 0 Å². The lowest BCUT2D eigenvalue weighted by Crippen LogP contribution is -2.31. The van der Waals surface area contributed by atoms with Gasteiger partial charge in [-0.2, -0.15) is 0 Å². The maximum absolute atomic E-state index is 5.78. The minimum atomic E-state index is -0.440. The third-order valence-electron chi connectivity index (χ3n) is 1.20. The maximum Gasteiger partial charge on any atom is 0.147 e. The van der Waals surface area contributed by atoms with Gasteiger partial charge in [0, 0.05) is 16.0 Å². The smallest absolute Gasteiger partial charge is 0.147 e. The molecule has 11 heavy (non-hydrogen) atoms. The summed E-state index contributed by atoms with van der Waals surface area (Å²) in [6, 6.07) is 0. The minimum absolute atomic E-state index is 0.440. The zero-order valence-corrected chi connectivity index (χ0v) is 8.66. The molecule has 1 aromatic heterocycles. The first kappa shape index (κ1) is 8.86. The molecule has 0 aliphatic heterocycles. The largest absolute Gasteiger partial charge is 0.319 e. The summed E-state index contributed by atoms with van der Waals surface area (Å²) in [5.74, 6) is 0.679. The summed E-state index contributed by atoms with van der Waals surface area (Å²) in [5, 5.41) is 0. The fourth-order valence-electron chi connectivity index (χ4n) is 0.645. The average Bonchev–Trinajstić information content (AvgIpc) is 1.86. The topological polar surface area (TPSA) is 51.8 Å². The normalized spacial score (nSPS) is 11.6. The molecule has 0 bridgehead atoms. The second-order valence-electron chi connectivity index (χ2n) is 2.95. The summed E-state index contributed by atoms with van der Waals surface area (Å²) in [6.07, 6.45) is 3.52. The van der Waals surface area contributed by atoms with Crippen LogP contribution >= 0.6 is 22.6 Å². The van der Waals surface area contributed by atoms with Crippen molar-refractivity contribution in [3.05, 3.63) is 21.8 Å². The van der Waals surface area contributed by atoms with E-state index in [1.807, 2.05) is 13.8 Å². The summed E-state index contributed by atoms with van der Waals surface area (Å²) in [6.45, 7) is 3.77. The number of aromatic nitrogens is 2. The number of nitrogens with two attached hydrogens (primary N) is 1. The van der Waals surface area contributed by atoms with E-state index in [9.17, 15) is 0 Å². The van der Waals surface area contributed by atoms with Crippen molar-refractivity contribution in [3.63, 3.8) is 0 Å². The van der Waals surface area contributed by atoms with Crippen LogP contribution in [0.2, 0.25) is 0 Å². The van der Waals surface area contributed by atoms with E-state index >= 15 is 0 Å². The van der Waals surface area contributed by atoms with Crippen LogP contribution in [0.1, 0.15) is 19.7 Å². The molecule has 60 valence electrons. The van der Waals surface area contributed by atoms with Crippen molar-refractivity contribution in [2.75, 3.05) is 0 Å². The molecule has 3 nitrogen and oxygen atoms in total. The molecule has 0 amide bonds. The summed E-state index contributed by atoms with van der Waals surface area (Å²) in [7, 11) is 0. The zero-order chi connectivity index (χ0) is 8.48. The quantitative estimate of drug-likeness (QED) is 0.776. The molecule has 4 heteroatoms. The molecular formula is C7H10IN3. The van der Waals surface area contributed by atoms with Crippen molar-refractivity contribution in [2.24, 2.45) is 5.73 Å². The molecule has 0 saturated heterocycles. The van der Waals surface area contributed by atoms with Gasteiger partial charge in [0.05, 0.1) is 5.54 Å². The molecule has 1 rings (SSSR count). The van der Waals surface area contributed by atoms with E-state index in [4.69, 9.17) is 5.73 Å². The molecule has 0 radical (unpaired) electrons. The highest BCUT2D eigenvalue weighted by Crippen LogP contribution is 2.11. The average molecular weight is 263 g/mol. The van der Waals surface area contributed by atoms with Crippen molar-refractivity contribution in [1.82, 2.24) is 9.97 Å². The molecule has 0 aliphatic carbocycles. The fraction of sp³-hybridized carbons (Fsp3) is 0.429. The molecule has 1 aromatic rings. The Hall–Kier alpha value is -0.230. The van der Waals surface area contributed by atoms with Crippen LogP contribution in [0.5, 0.6) is 0 Å². The molecule has 0 saturated carbocycles. The summed E-state index contributed by atoms with van der Waals surface area (Å²) >= 11 is 2.16. The van der Waals surface area contributed by atoms with Crippen LogP contribution in [0, 0.1) is 3.57 Å². The number of hydrogen-bond acceptors (Lipinski definition) is 3. The Labute approximate surface area is 79.6 Å². The Morgan fingerprint density at radius 1 is 1.36 bits per heavy atom. The van der Waals surface area contributed by atoms with Crippen molar-refractivity contribution in [1.29, 1.82) is 0 Å². The van der Waals surface area contributed by atoms with E-state index in [1.54, 1.807) is 12.4 Å². The van der Waals surface area contributed by atoms with E-state index < -0.39 is 5.54 Å². The van der Waals surface area contributed by atoms with Gasteiger partial charge in [-0.05, 0) is 36.4 Å². The van der Waals surface area contributed by atoms with Gasteiger partial charge in [0.15, 0.2) is 0 Å². The van der Waals surface area contributed by atoms with E-state index in [1.165, 1.54) is 0 Å². The fourth-order valence-corrected chi connectivity index (χ4v) is 0.924. The molecule has 0 unspecified atom stereocenters. The molecular weight excluding hydrogens is 253 g/mol. The Morgan fingerprint density at radius 3 is 2.18 bits per heavy atom. The number of nitrogens with zero attached hydrogens (tertiary/aromatic N) is 2. The van der Waals surface area contributed by atoms with Crippen LogP contribution in [-0.4, -0.2) is 9.97 Å². The van der Waals surface area contributed by atoms with Gasteiger partial charge in [0.25, 0.3) is 0 Å². The first-order valence-electron chi connectivity index (χ1n) is 3.27. The summed E-state index contributed by atoms with van der Waals surface area (Å²) < 4.78 is 1.02. The van der Waals surface area contributed by atoms with Gasteiger partial charge in [-0.25, -0.2) is 9.97 Å².